The monoisotopic (exact) mass is 404 g/mol. The lowest BCUT2D eigenvalue weighted by Gasteiger charge is -2.33. The average molecular weight is 405 g/mol. The summed E-state index contributed by atoms with van der Waals surface area (Å²) in [6.07, 6.45) is 5.50. The fourth-order valence-electron chi connectivity index (χ4n) is 3.76. The minimum Gasteiger partial charge on any atom is -0.452 e. The molecule has 28 heavy (non-hydrogen) atoms. The van der Waals surface area contributed by atoms with Crippen LogP contribution in [0.4, 0.5) is 0 Å². The number of rotatable bonds is 6. The van der Waals surface area contributed by atoms with Crippen LogP contribution in [0.25, 0.3) is 11.3 Å². The van der Waals surface area contributed by atoms with Crippen molar-refractivity contribution < 1.29 is 18.8 Å². The van der Waals surface area contributed by atoms with Gasteiger partial charge in [0, 0.05) is 18.2 Å². The van der Waals surface area contributed by atoms with Gasteiger partial charge < -0.3 is 14.2 Å². The number of likely N-dealkylation sites (N-methyl/N-ethyl adjacent to an activating group) is 1. The minimum absolute atomic E-state index is 0.170. The molecule has 0 N–H and O–H groups in total. The molecule has 1 heterocycles. The second-order valence-electron chi connectivity index (χ2n) is 6.99. The van der Waals surface area contributed by atoms with Crippen molar-refractivity contribution in [3.8, 4) is 11.3 Å². The van der Waals surface area contributed by atoms with Gasteiger partial charge in [-0.05, 0) is 32.8 Å². The molecular weight excluding hydrogens is 380 g/mol. The number of aromatic nitrogens is 1. The molecule has 1 aromatic carbocycles. The van der Waals surface area contributed by atoms with E-state index in [1.165, 1.54) is 6.42 Å². The van der Waals surface area contributed by atoms with E-state index >= 15 is 0 Å². The summed E-state index contributed by atoms with van der Waals surface area (Å²) in [5.41, 5.74) is 1.10. The number of hydrogen-bond donors (Lipinski definition) is 0. The minimum atomic E-state index is -0.637. The van der Waals surface area contributed by atoms with Crippen molar-refractivity contribution in [3.05, 3.63) is 40.6 Å². The number of aryl methyl sites for hydroxylation is 1. The van der Waals surface area contributed by atoms with E-state index in [1.54, 1.807) is 31.2 Å². The summed E-state index contributed by atoms with van der Waals surface area (Å²) in [6, 6.07) is 7.29. The standard InChI is InChI=1S/C21H25ClN2O4/c1-3-24(15-9-5-4-6-10-15)18(25)13-27-21(26)19-14(2)28-23-20(19)16-11-7-8-12-17(16)22/h7-8,11-12,15H,3-6,9-10,13H2,1-2H3. The maximum atomic E-state index is 12.7. The van der Waals surface area contributed by atoms with Gasteiger partial charge in [-0.1, -0.05) is 54.2 Å². The van der Waals surface area contributed by atoms with Crippen LogP contribution >= 0.6 is 11.6 Å². The van der Waals surface area contributed by atoms with Crippen molar-refractivity contribution in [2.24, 2.45) is 0 Å². The van der Waals surface area contributed by atoms with Gasteiger partial charge in [0.25, 0.3) is 5.91 Å². The van der Waals surface area contributed by atoms with Crippen LogP contribution in [0.2, 0.25) is 5.02 Å². The lowest BCUT2D eigenvalue weighted by atomic mass is 9.94. The SMILES string of the molecule is CCN(C(=O)COC(=O)c1c(-c2ccccc2Cl)noc1C)C1CCCCC1. The molecular formula is C21H25ClN2O4. The molecule has 1 amide bonds. The highest BCUT2D eigenvalue weighted by molar-refractivity contribution is 6.33. The van der Waals surface area contributed by atoms with Crippen LogP contribution in [0, 0.1) is 6.92 Å². The molecule has 0 aliphatic heterocycles. The second kappa shape index (κ2) is 9.24. The molecule has 3 rings (SSSR count). The maximum Gasteiger partial charge on any atom is 0.344 e. The van der Waals surface area contributed by atoms with Crippen molar-refractivity contribution >= 4 is 23.5 Å². The first-order valence-corrected chi connectivity index (χ1v) is 10.1. The Morgan fingerprint density at radius 3 is 2.64 bits per heavy atom. The van der Waals surface area contributed by atoms with Gasteiger partial charge >= 0.3 is 5.97 Å². The molecule has 1 fully saturated rings. The van der Waals surface area contributed by atoms with Crippen LogP contribution in [0.15, 0.2) is 28.8 Å². The number of carbonyl (C=O) groups is 2. The van der Waals surface area contributed by atoms with Gasteiger partial charge in [0.05, 0.1) is 5.02 Å². The normalized spacial score (nSPS) is 14.7. The second-order valence-corrected chi connectivity index (χ2v) is 7.40. The van der Waals surface area contributed by atoms with E-state index in [1.807, 2.05) is 11.8 Å². The molecule has 0 unspecified atom stereocenters. The molecule has 0 saturated heterocycles. The van der Waals surface area contributed by atoms with E-state index in [-0.39, 0.29) is 24.1 Å². The van der Waals surface area contributed by atoms with Crippen LogP contribution < -0.4 is 0 Å². The molecule has 0 atom stereocenters. The fraction of sp³-hybridized carbons (Fsp3) is 0.476. The fourth-order valence-corrected chi connectivity index (χ4v) is 3.99. The van der Waals surface area contributed by atoms with Crippen LogP contribution in [0.1, 0.15) is 55.1 Å². The summed E-state index contributed by atoms with van der Waals surface area (Å²) >= 11 is 6.22. The van der Waals surface area contributed by atoms with Crippen LogP contribution in [0.5, 0.6) is 0 Å². The summed E-state index contributed by atoms with van der Waals surface area (Å²) < 4.78 is 10.5. The predicted octanol–water partition coefficient (Wildman–Crippen LogP) is 4.64. The lowest BCUT2D eigenvalue weighted by Crippen LogP contribution is -2.43. The van der Waals surface area contributed by atoms with E-state index in [4.69, 9.17) is 20.9 Å². The summed E-state index contributed by atoms with van der Waals surface area (Å²) in [5, 5.41) is 4.42. The number of halogens is 1. The largest absolute Gasteiger partial charge is 0.452 e. The van der Waals surface area contributed by atoms with Crippen molar-refractivity contribution in [1.82, 2.24) is 10.1 Å². The van der Waals surface area contributed by atoms with Gasteiger partial charge in [-0.3, -0.25) is 4.79 Å². The Kier molecular flexibility index (Phi) is 6.73. The first kappa shape index (κ1) is 20.4. The highest BCUT2D eigenvalue weighted by Gasteiger charge is 2.28. The Balaban J connectivity index is 1.71. The molecule has 0 bridgehead atoms. The predicted molar refractivity (Wildman–Crippen MR) is 106 cm³/mol. The number of ether oxygens (including phenoxy) is 1. The van der Waals surface area contributed by atoms with E-state index in [0.29, 0.717) is 28.6 Å². The first-order valence-electron chi connectivity index (χ1n) is 9.70. The Morgan fingerprint density at radius 1 is 1.25 bits per heavy atom. The molecule has 1 aliphatic carbocycles. The molecule has 1 aliphatic rings. The van der Waals surface area contributed by atoms with Crippen molar-refractivity contribution in [3.63, 3.8) is 0 Å². The van der Waals surface area contributed by atoms with E-state index in [2.05, 4.69) is 5.16 Å². The number of esters is 1. The molecule has 1 aromatic heterocycles. The zero-order valence-corrected chi connectivity index (χ0v) is 17.0. The van der Waals surface area contributed by atoms with Gasteiger partial charge in [0.1, 0.15) is 17.0 Å². The van der Waals surface area contributed by atoms with Gasteiger partial charge in [0.2, 0.25) is 0 Å². The number of amides is 1. The first-order chi connectivity index (χ1) is 13.5. The Morgan fingerprint density at radius 2 is 1.96 bits per heavy atom. The van der Waals surface area contributed by atoms with Gasteiger partial charge in [0.15, 0.2) is 6.61 Å². The third-order valence-corrected chi connectivity index (χ3v) is 5.53. The summed E-state index contributed by atoms with van der Waals surface area (Å²) in [4.78, 5) is 27.1. The number of benzene rings is 1. The number of hydrogen-bond acceptors (Lipinski definition) is 5. The van der Waals surface area contributed by atoms with E-state index < -0.39 is 5.97 Å². The van der Waals surface area contributed by atoms with Crippen LogP contribution in [-0.4, -0.2) is 41.1 Å². The lowest BCUT2D eigenvalue weighted by molar-refractivity contribution is -0.137. The zero-order chi connectivity index (χ0) is 20.1. The zero-order valence-electron chi connectivity index (χ0n) is 16.2. The van der Waals surface area contributed by atoms with E-state index in [9.17, 15) is 9.59 Å². The summed E-state index contributed by atoms with van der Waals surface area (Å²) in [7, 11) is 0. The topological polar surface area (TPSA) is 72.6 Å². The van der Waals surface area contributed by atoms with Crippen molar-refractivity contribution in [2.45, 2.75) is 52.0 Å². The van der Waals surface area contributed by atoms with Crippen molar-refractivity contribution in [2.75, 3.05) is 13.2 Å². The third-order valence-electron chi connectivity index (χ3n) is 5.20. The Labute approximate surface area is 169 Å². The smallest absolute Gasteiger partial charge is 0.344 e. The highest BCUT2D eigenvalue weighted by atomic mass is 35.5. The quantitative estimate of drug-likeness (QED) is 0.655. The number of carbonyl (C=O) groups excluding carboxylic acids is 2. The maximum absolute atomic E-state index is 12.7. The molecule has 0 radical (unpaired) electrons. The number of nitrogens with zero attached hydrogens (tertiary/aromatic N) is 2. The molecule has 7 heteroatoms. The van der Waals surface area contributed by atoms with E-state index in [0.717, 1.165) is 25.7 Å². The molecule has 2 aromatic rings. The Bertz CT molecular complexity index is 843. The molecule has 0 spiro atoms. The van der Waals surface area contributed by atoms with Crippen LogP contribution in [0.3, 0.4) is 0 Å². The van der Waals surface area contributed by atoms with Gasteiger partial charge in [-0.25, -0.2) is 4.79 Å². The molecule has 1 saturated carbocycles. The van der Waals surface area contributed by atoms with Gasteiger partial charge in [-0.2, -0.15) is 0 Å². The summed E-state index contributed by atoms with van der Waals surface area (Å²) in [6.45, 7) is 3.90. The van der Waals surface area contributed by atoms with Crippen molar-refractivity contribution in [1.29, 1.82) is 0 Å². The Hall–Kier alpha value is -2.34. The molecule has 6 nitrogen and oxygen atoms in total. The van der Waals surface area contributed by atoms with Crippen LogP contribution in [-0.2, 0) is 9.53 Å². The third kappa shape index (κ3) is 4.38. The van der Waals surface area contributed by atoms with Gasteiger partial charge in [-0.15, -0.1) is 0 Å². The highest BCUT2D eigenvalue weighted by Crippen LogP contribution is 2.31. The molecule has 150 valence electrons. The summed E-state index contributed by atoms with van der Waals surface area (Å²) in [5.74, 6) is -0.482. The average Bonchev–Trinajstić information content (AvgIpc) is 3.09.